The first kappa shape index (κ1) is 37.7. The van der Waals surface area contributed by atoms with E-state index in [0.29, 0.717) is 43.2 Å². The van der Waals surface area contributed by atoms with Gasteiger partial charge in [-0.15, -0.1) is 0 Å². The highest BCUT2D eigenvalue weighted by Gasteiger charge is 2.52. The summed E-state index contributed by atoms with van der Waals surface area (Å²) >= 11 is 0. The van der Waals surface area contributed by atoms with Crippen molar-refractivity contribution in [2.75, 3.05) is 27.3 Å². The molecule has 0 unspecified atom stereocenters. The number of nitrogens with zero attached hydrogens (tertiary/aromatic N) is 1. The van der Waals surface area contributed by atoms with Gasteiger partial charge in [0, 0.05) is 32.6 Å². The molecule has 1 saturated carbocycles. The monoisotopic (exact) mass is 706 g/mol. The highest BCUT2D eigenvalue weighted by atomic mass is 19.1. The molecule has 3 aromatic rings. The summed E-state index contributed by atoms with van der Waals surface area (Å²) < 4.78 is 39.3. The lowest BCUT2D eigenvalue weighted by Gasteiger charge is -2.33. The Morgan fingerprint density at radius 2 is 1.75 bits per heavy atom. The number of aryl methyl sites for hydroxylation is 1. The van der Waals surface area contributed by atoms with E-state index in [1.54, 1.807) is 14.2 Å². The average Bonchev–Trinajstić information content (AvgIpc) is 3.86. The number of halogens is 2. The summed E-state index contributed by atoms with van der Waals surface area (Å²) in [5, 5.41) is 20.5. The van der Waals surface area contributed by atoms with Crippen molar-refractivity contribution in [1.82, 2.24) is 20.9 Å². The van der Waals surface area contributed by atoms with Gasteiger partial charge in [-0.1, -0.05) is 43.2 Å². The van der Waals surface area contributed by atoms with Crippen molar-refractivity contribution in [3.63, 3.8) is 0 Å². The zero-order valence-electron chi connectivity index (χ0n) is 29.4. The van der Waals surface area contributed by atoms with Crippen LogP contribution >= 0.6 is 0 Å². The third-order valence-electron chi connectivity index (χ3n) is 9.74. The minimum Gasteiger partial charge on any atom is -0.497 e. The number of benzene rings is 3. The molecule has 0 aromatic heterocycles. The number of aliphatic hydroxyl groups excluding tert-OH is 1. The van der Waals surface area contributed by atoms with Crippen molar-refractivity contribution < 1.29 is 37.7 Å². The molecule has 0 spiro atoms. The minimum absolute atomic E-state index is 0.0432. The molecule has 1 heterocycles. The van der Waals surface area contributed by atoms with Gasteiger partial charge in [0.1, 0.15) is 34.7 Å². The summed E-state index contributed by atoms with van der Waals surface area (Å²) in [6.45, 7) is 2.07. The molecule has 12 heteroatoms. The molecule has 51 heavy (non-hydrogen) atoms. The number of amides is 3. The van der Waals surface area contributed by atoms with Crippen LogP contribution in [0.1, 0.15) is 55.7 Å². The van der Waals surface area contributed by atoms with Crippen molar-refractivity contribution in [2.45, 2.75) is 82.1 Å². The number of methoxy groups -OCH3 is 2. The maximum Gasteiger partial charge on any atom is 0.249 e. The third kappa shape index (κ3) is 10.0. The number of carbonyl (C=O) groups excluding carboxylic acids is 3. The molecule has 1 saturated heterocycles. The number of hydrogen-bond donors (Lipinski definition) is 4. The Bertz CT molecular complexity index is 1670. The van der Waals surface area contributed by atoms with Crippen molar-refractivity contribution in [2.24, 2.45) is 5.92 Å². The van der Waals surface area contributed by atoms with E-state index in [9.17, 15) is 28.3 Å². The highest BCUT2D eigenvalue weighted by Crippen LogP contribution is 2.41. The Morgan fingerprint density at radius 1 is 1.00 bits per heavy atom. The predicted octanol–water partition coefficient (Wildman–Crippen LogP) is 4.07. The number of carbonyl (C=O) groups is 3. The summed E-state index contributed by atoms with van der Waals surface area (Å²) in [4.78, 5) is 42.5. The van der Waals surface area contributed by atoms with Crippen LogP contribution in [0, 0.1) is 17.6 Å². The van der Waals surface area contributed by atoms with Gasteiger partial charge in [-0.25, -0.2) is 8.78 Å². The summed E-state index contributed by atoms with van der Waals surface area (Å²) in [6.07, 6.45) is 2.21. The molecule has 10 nitrogen and oxygen atoms in total. The highest BCUT2D eigenvalue weighted by molar-refractivity contribution is 5.96. The first-order valence-electron chi connectivity index (χ1n) is 17.5. The topological polar surface area (TPSA) is 129 Å². The number of nitrogens with one attached hydrogen (secondary N) is 3. The molecule has 3 amide bonds. The van der Waals surface area contributed by atoms with Crippen LogP contribution in [-0.4, -0.2) is 78.8 Å². The molecule has 5 rings (SSSR count). The second kappa shape index (κ2) is 17.1. The van der Waals surface area contributed by atoms with Gasteiger partial charge in [0.15, 0.2) is 0 Å². The zero-order valence-corrected chi connectivity index (χ0v) is 29.4. The van der Waals surface area contributed by atoms with Gasteiger partial charge in [0.2, 0.25) is 17.7 Å². The Balaban J connectivity index is 1.40. The van der Waals surface area contributed by atoms with Crippen LogP contribution in [0.3, 0.4) is 0 Å². The van der Waals surface area contributed by atoms with E-state index < -0.39 is 41.3 Å². The maximum absolute atomic E-state index is 14.4. The summed E-state index contributed by atoms with van der Waals surface area (Å²) in [5.41, 5.74) is 0.913. The van der Waals surface area contributed by atoms with Gasteiger partial charge in [-0.3, -0.25) is 14.4 Å². The maximum atomic E-state index is 14.4. The molecule has 274 valence electrons. The molecule has 2 aliphatic rings. The number of hydrogen-bond acceptors (Lipinski definition) is 7. The van der Waals surface area contributed by atoms with E-state index in [-0.39, 0.29) is 43.3 Å². The Labute approximate surface area is 297 Å². The van der Waals surface area contributed by atoms with E-state index in [1.165, 1.54) is 24.0 Å². The molecule has 2 fully saturated rings. The standard InChI is InChI=1S/C39H48F2N4O6/c1-25(46)44-39(22-26-11-12-26)15-16-45(38(39)49)34(14-13-29-8-4-5-10-36(29)51-3)37(48)43-33(20-28-17-30(40)21-31(41)18-28)35(47)24-42-23-27-7-6-9-32(19-27)50-2/h4-10,17-19,21,26,33-35,42,47H,11-16,20,22-24H2,1-3H3,(H,43,48)(H,44,46)/t33-,34-,35+,39-/m0/s1. The van der Waals surface area contributed by atoms with Crippen molar-refractivity contribution >= 4 is 17.7 Å². The van der Waals surface area contributed by atoms with E-state index in [1.807, 2.05) is 48.5 Å². The van der Waals surface area contributed by atoms with Crippen molar-refractivity contribution in [1.29, 1.82) is 0 Å². The molecule has 4 N–H and O–H groups in total. The summed E-state index contributed by atoms with van der Waals surface area (Å²) in [7, 11) is 3.14. The van der Waals surface area contributed by atoms with Gasteiger partial charge in [-0.2, -0.15) is 0 Å². The van der Waals surface area contributed by atoms with Crippen molar-refractivity contribution in [3.8, 4) is 11.5 Å². The fourth-order valence-electron chi connectivity index (χ4n) is 7.06. The Morgan fingerprint density at radius 3 is 2.43 bits per heavy atom. The SMILES string of the molecule is COc1cccc(CNC[C@@H](O)[C@H](Cc2cc(F)cc(F)c2)NC(=O)[C@H](CCc2ccccc2OC)N2CC[C@@](CC3CC3)(NC(C)=O)C2=O)c1. The predicted molar refractivity (Wildman–Crippen MR) is 188 cm³/mol. The normalized spacial score (nSPS) is 18.9. The summed E-state index contributed by atoms with van der Waals surface area (Å²) in [6, 6.07) is 16.0. The first-order valence-corrected chi connectivity index (χ1v) is 17.5. The molecule has 1 aliphatic carbocycles. The Kier molecular flexibility index (Phi) is 12.6. The average molecular weight is 707 g/mol. The molecule has 1 aliphatic heterocycles. The van der Waals surface area contributed by atoms with Gasteiger partial charge >= 0.3 is 0 Å². The molecule has 0 radical (unpaired) electrons. The summed E-state index contributed by atoms with van der Waals surface area (Å²) in [5.74, 6) is -1.03. The van der Waals surface area contributed by atoms with Gasteiger partial charge in [0.05, 0.1) is 26.4 Å². The largest absolute Gasteiger partial charge is 0.497 e. The van der Waals surface area contributed by atoms with Gasteiger partial charge in [0.25, 0.3) is 0 Å². The smallest absolute Gasteiger partial charge is 0.249 e. The van der Waals surface area contributed by atoms with E-state index >= 15 is 0 Å². The van der Waals surface area contributed by atoms with Crippen LogP contribution < -0.4 is 25.4 Å². The number of ether oxygens (including phenoxy) is 2. The number of aliphatic hydroxyl groups is 1. The van der Waals surface area contributed by atoms with Crippen LogP contribution in [0.15, 0.2) is 66.7 Å². The van der Waals surface area contributed by atoms with E-state index in [2.05, 4.69) is 16.0 Å². The van der Waals surface area contributed by atoms with Crippen LogP contribution in [0.25, 0.3) is 0 Å². The zero-order chi connectivity index (χ0) is 36.5. The number of rotatable bonds is 18. The van der Waals surface area contributed by atoms with Crippen molar-refractivity contribution in [3.05, 3.63) is 95.1 Å². The lowest BCUT2D eigenvalue weighted by molar-refractivity contribution is -0.143. The molecular weight excluding hydrogens is 658 g/mol. The molecule has 3 aromatic carbocycles. The van der Waals surface area contributed by atoms with Crippen LogP contribution in [0.5, 0.6) is 11.5 Å². The number of para-hydroxylation sites is 1. The quantitative estimate of drug-likeness (QED) is 0.157. The minimum atomic E-state index is -1.18. The lowest BCUT2D eigenvalue weighted by Crippen LogP contribution is -2.59. The molecule has 4 atom stereocenters. The Hall–Kier alpha value is -4.55. The second-order valence-corrected chi connectivity index (χ2v) is 13.7. The van der Waals surface area contributed by atoms with E-state index in [0.717, 1.165) is 30.0 Å². The molecular formula is C39H48F2N4O6. The number of likely N-dealkylation sites (tertiary alicyclic amines) is 1. The van der Waals surface area contributed by atoms with Gasteiger partial charge < -0.3 is 35.4 Å². The van der Waals surface area contributed by atoms with E-state index in [4.69, 9.17) is 9.47 Å². The fraction of sp³-hybridized carbons (Fsp3) is 0.462. The van der Waals surface area contributed by atoms with Crippen LogP contribution in [-0.2, 0) is 33.8 Å². The van der Waals surface area contributed by atoms with Crippen LogP contribution in [0.4, 0.5) is 8.78 Å². The third-order valence-corrected chi connectivity index (χ3v) is 9.74. The fourth-order valence-corrected chi connectivity index (χ4v) is 7.06. The molecule has 0 bridgehead atoms. The lowest BCUT2D eigenvalue weighted by atomic mass is 9.90. The first-order chi connectivity index (χ1) is 24.5. The van der Waals surface area contributed by atoms with Gasteiger partial charge in [-0.05, 0) is 85.0 Å². The van der Waals surface area contributed by atoms with Crippen LogP contribution in [0.2, 0.25) is 0 Å². The second-order valence-electron chi connectivity index (χ2n) is 13.7.